The summed E-state index contributed by atoms with van der Waals surface area (Å²) in [5.41, 5.74) is 1.42. The number of ether oxygens (including phenoxy) is 1. The third kappa shape index (κ3) is 3.16. The summed E-state index contributed by atoms with van der Waals surface area (Å²) in [6.07, 6.45) is 2.05. The Hall–Kier alpha value is -2.27. The van der Waals surface area contributed by atoms with Gasteiger partial charge in [0.15, 0.2) is 0 Å². The summed E-state index contributed by atoms with van der Waals surface area (Å²) in [4.78, 5) is 26.3. The van der Waals surface area contributed by atoms with Gasteiger partial charge in [-0.05, 0) is 38.0 Å². The molecule has 1 aliphatic carbocycles. The molecule has 130 valence electrons. The predicted molar refractivity (Wildman–Crippen MR) is 95.5 cm³/mol. The van der Waals surface area contributed by atoms with E-state index in [-0.39, 0.29) is 17.6 Å². The average molecular weight is 359 g/mol. The van der Waals surface area contributed by atoms with Gasteiger partial charge in [0.25, 0.3) is 11.5 Å². The molecule has 0 spiro atoms. The van der Waals surface area contributed by atoms with Crippen molar-refractivity contribution in [1.82, 2.24) is 9.47 Å². The van der Waals surface area contributed by atoms with Crippen molar-refractivity contribution in [2.45, 2.75) is 31.9 Å². The molecule has 4 rings (SSSR count). The number of benzene rings is 1. The highest BCUT2D eigenvalue weighted by Gasteiger charge is 2.34. The number of carbonyl (C=O) groups is 1. The molecule has 0 radical (unpaired) electrons. The molecule has 1 aromatic carbocycles. The molecule has 1 saturated heterocycles. The van der Waals surface area contributed by atoms with Gasteiger partial charge in [0.05, 0.1) is 23.7 Å². The topological polar surface area (TPSA) is 51.5 Å². The van der Waals surface area contributed by atoms with Crippen LogP contribution in [0.15, 0.2) is 41.2 Å². The quantitative estimate of drug-likeness (QED) is 0.844. The SMILES string of the molecule is Cc1cc(OC2CN(C(=O)c3ccccc3Cl)C2)cc(=O)n1C1CC1. The van der Waals surface area contributed by atoms with E-state index in [2.05, 4.69) is 0 Å². The fourth-order valence-electron chi connectivity index (χ4n) is 3.23. The van der Waals surface area contributed by atoms with Crippen molar-refractivity contribution in [2.75, 3.05) is 13.1 Å². The fraction of sp³-hybridized carbons (Fsp3) is 0.368. The number of rotatable bonds is 4. The first-order valence-corrected chi connectivity index (χ1v) is 8.84. The van der Waals surface area contributed by atoms with Crippen LogP contribution in [0, 0.1) is 6.92 Å². The molecular formula is C19H19ClN2O3. The van der Waals surface area contributed by atoms with Gasteiger partial charge in [-0.1, -0.05) is 23.7 Å². The number of halogens is 1. The number of aromatic nitrogens is 1. The summed E-state index contributed by atoms with van der Waals surface area (Å²) in [5.74, 6) is 0.486. The van der Waals surface area contributed by atoms with Gasteiger partial charge in [-0.2, -0.15) is 0 Å². The molecule has 6 heteroatoms. The molecule has 1 amide bonds. The monoisotopic (exact) mass is 358 g/mol. The van der Waals surface area contributed by atoms with Crippen LogP contribution in [0.4, 0.5) is 0 Å². The van der Waals surface area contributed by atoms with Crippen LogP contribution in [0.5, 0.6) is 5.75 Å². The normalized spacial score (nSPS) is 17.3. The first-order valence-electron chi connectivity index (χ1n) is 8.46. The van der Waals surface area contributed by atoms with Crippen molar-refractivity contribution in [3.8, 4) is 5.75 Å². The smallest absolute Gasteiger partial charge is 0.255 e. The highest BCUT2D eigenvalue weighted by atomic mass is 35.5. The van der Waals surface area contributed by atoms with E-state index in [0.29, 0.717) is 35.5 Å². The first-order chi connectivity index (χ1) is 12.0. The van der Waals surface area contributed by atoms with Crippen LogP contribution in [-0.2, 0) is 0 Å². The molecule has 0 atom stereocenters. The summed E-state index contributed by atoms with van der Waals surface area (Å²) in [6.45, 7) is 2.92. The second kappa shape index (κ2) is 6.23. The van der Waals surface area contributed by atoms with Crippen LogP contribution < -0.4 is 10.3 Å². The zero-order chi connectivity index (χ0) is 17.6. The molecule has 5 nitrogen and oxygen atoms in total. The number of carbonyl (C=O) groups excluding carboxylic acids is 1. The Bertz CT molecular complexity index is 882. The van der Waals surface area contributed by atoms with E-state index < -0.39 is 0 Å². The van der Waals surface area contributed by atoms with Gasteiger partial charge < -0.3 is 14.2 Å². The second-order valence-electron chi connectivity index (χ2n) is 6.70. The minimum absolute atomic E-state index is 0.0131. The Labute approximate surface area is 150 Å². The lowest BCUT2D eigenvalue weighted by Gasteiger charge is -2.39. The largest absolute Gasteiger partial charge is 0.486 e. The summed E-state index contributed by atoms with van der Waals surface area (Å²) in [7, 11) is 0. The Balaban J connectivity index is 1.39. The average Bonchev–Trinajstić information content (AvgIpc) is 3.34. The zero-order valence-corrected chi connectivity index (χ0v) is 14.7. The molecule has 2 aliphatic rings. The Kier molecular flexibility index (Phi) is 4.04. The standard InChI is InChI=1S/C19H19ClN2O3/c1-12-8-14(9-18(23)22(12)13-6-7-13)25-15-10-21(11-15)19(24)16-4-2-3-5-17(16)20/h2-5,8-9,13,15H,6-7,10-11H2,1H3. The van der Waals surface area contributed by atoms with Gasteiger partial charge in [-0.25, -0.2) is 0 Å². The number of pyridine rings is 1. The van der Waals surface area contributed by atoms with Gasteiger partial charge in [0.2, 0.25) is 0 Å². The summed E-state index contributed by atoms with van der Waals surface area (Å²) < 4.78 is 7.71. The molecule has 0 unspecified atom stereocenters. The lowest BCUT2D eigenvalue weighted by Crippen LogP contribution is -2.56. The van der Waals surface area contributed by atoms with Crippen LogP contribution in [0.2, 0.25) is 5.02 Å². The number of likely N-dealkylation sites (tertiary alicyclic amines) is 1. The van der Waals surface area contributed by atoms with Crippen LogP contribution >= 0.6 is 11.6 Å². The van der Waals surface area contributed by atoms with Crippen LogP contribution in [0.3, 0.4) is 0 Å². The van der Waals surface area contributed by atoms with Crippen molar-refractivity contribution >= 4 is 17.5 Å². The number of amides is 1. The van der Waals surface area contributed by atoms with Crippen LogP contribution in [0.25, 0.3) is 0 Å². The Morgan fingerprint density at radius 3 is 2.56 bits per heavy atom. The van der Waals surface area contributed by atoms with Crippen molar-refractivity contribution in [3.63, 3.8) is 0 Å². The lowest BCUT2D eigenvalue weighted by atomic mass is 10.1. The van der Waals surface area contributed by atoms with Crippen molar-refractivity contribution in [2.24, 2.45) is 0 Å². The number of nitrogens with zero attached hydrogens (tertiary/aromatic N) is 2. The predicted octanol–water partition coefficient (Wildman–Crippen LogP) is 3.05. The molecule has 2 fully saturated rings. The molecule has 25 heavy (non-hydrogen) atoms. The Morgan fingerprint density at radius 1 is 1.20 bits per heavy atom. The van der Waals surface area contributed by atoms with Gasteiger partial charge in [-0.15, -0.1) is 0 Å². The minimum atomic E-state index is -0.0954. The minimum Gasteiger partial charge on any atom is -0.486 e. The van der Waals surface area contributed by atoms with E-state index >= 15 is 0 Å². The van der Waals surface area contributed by atoms with Crippen molar-refractivity contribution in [3.05, 3.63) is 63.0 Å². The summed E-state index contributed by atoms with van der Waals surface area (Å²) in [5, 5.41) is 0.455. The van der Waals surface area contributed by atoms with E-state index in [1.807, 2.05) is 17.6 Å². The highest BCUT2D eigenvalue weighted by Crippen LogP contribution is 2.35. The molecule has 1 saturated carbocycles. The maximum Gasteiger partial charge on any atom is 0.255 e. The molecule has 1 aromatic heterocycles. The third-order valence-electron chi connectivity index (χ3n) is 4.69. The third-order valence-corrected chi connectivity index (χ3v) is 5.02. The Morgan fingerprint density at radius 2 is 1.92 bits per heavy atom. The fourth-order valence-corrected chi connectivity index (χ4v) is 3.44. The maximum absolute atomic E-state index is 12.4. The highest BCUT2D eigenvalue weighted by molar-refractivity contribution is 6.33. The molecular weight excluding hydrogens is 340 g/mol. The maximum atomic E-state index is 12.4. The van der Waals surface area contributed by atoms with Crippen molar-refractivity contribution < 1.29 is 9.53 Å². The van der Waals surface area contributed by atoms with Crippen molar-refractivity contribution in [1.29, 1.82) is 0 Å². The van der Waals surface area contributed by atoms with Gasteiger partial charge in [0.1, 0.15) is 11.9 Å². The number of hydrogen-bond acceptors (Lipinski definition) is 3. The molecule has 0 N–H and O–H groups in total. The number of hydrogen-bond donors (Lipinski definition) is 0. The van der Waals surface area contributed by atoms with Gasteiger partial charge in [0, 0.05) is 17.8 Å². The summed E-state index contributed by atoms with van der Waals surface area (Å²) in [6, 6.07) is 10.8. The van der Waals surface area contributed by atoms with E-state index in [9.17, 15) is 9.59 Å². The van der Waals surface area contributed by atoms with E-state index in [1.54, 1.807) is 35.2 Å². The number of aryl methyl sites for hydroxylation is 1. The molecule has 1 aliphatic heterocycles. The van der Waals surface area contributed by atoms with E-state index in [0.717, 1.165) is 18.5 Å². The molecule has 2 aromatic rings. The van der Waals surface area contributed by atoms with Gasteiger partial charge >= 0.3 is 0 Å². The first kappa shape index (κ1) is 16.2. The lowest BCUT2D eigenvalue weighted by molar-refractivity contribution is 0.0176. The van der Waals surface area contributed by atoms with E-state index in [4.69, 9.17) is 16.3 Å². The second-order valence-corrected chi connectivity index (χ2v) is 7.11. The molecule has 0 bridgehead atoms. The van der Waals surface area contributed by atoms with Crippen LogP contribution in [-0.4, -0.2) is 34.6 Å². The van der Waals surface area contributed by atoms with Crippen LogP contribution in [0.1, 0.15) is 34.9 Å². The van der Waals surface area contributed by atoms with Gasteiger partial charge in [-0.3, -0.25) is 9.59 Å². The summed E-state index contributed by atoms with van der Waals surface area (Å²) >= 11 is 6.07. The zero-order valence-electron chi connectivity index (χ0n) is 13.9. The molecule has 2 heterocycles. The van der Waals surface area contributed by atoms with E-state index in [1.165, 1.54) is 0 Å².